The maximum Gasteiger partial charge on any atom is 0.0331 e. The van der Waals surface area contributed by atoms with E-state index in [1.807, 2.05) is 0 Å². The fraction of sp³-hybridized carbons (Fsp3) is 1.00. The Labute approximate surface area is 121 Å². The van der Waals surface area contributed by atoms with Crippen LogP contribution < -0.4 is 5.73 Å². The summed E-state index contributed by atoms with van der Waals surface area (Å²) >= 11 is 0. The number of hydrogen-bond acceptors (Lipinski definition) is 2. The van der Waals surface area contributed by atoms with Gasteiger partial charge in [-0.05, 0) is 37.6 Å². The molecule has 2 nitrogen and oxygen atoms in total. The third kappa shape index (κ3) is 4.46. The first-order chi connectivity index (χ1) is 9.11. The van der Waals surface area contributed by atoms with Crippen molar-refractivity contribution < 1.29 is 0 Å². The Hall–Kier alpha value is -0.0800. The molecule has 1 saturated carbocycles. The van der Waals surface area contributed by atoms with Crippen LogP contribution in [0, 0.1) is 11.8 Å². The SMILES string of the molecule is CCC(CC)CN(CC)C1(CN)CCCC(C)CC1. The molecular formula is C17H36N2. The van der Waals surface area contributed by atoms with Crippen molar-refractivity contribution in [2.24, 2.45) is 17.6 Å². The van der Waals surface area contributed by atoms with E-state index < -0.39 is 0 Å². The maximum absolute atomic E-state index is 6.25. The molecule has 0 aromatic heterocycles. The van der Waals surface area contributed by atoms with E-state index in [2.05, 4.69) is 32.6 Å². The lowest BCUT2D eigenvalue weighted by Gasteiger charge is -2.44. The zero-order valence-corrected chi connectivity index (χ0v) is 13.8. The lowest BCUT2D eigenvalue weighted by atomic mass is 9.86. The molecule has 2 unspecified atom stereocenters. The van der Waals surface area contributed by atoms with E-state index in [1.54, 1.807) is 0 Å². The lowest BCUT2D eigenvalue weighted by molar-refractivity contribution is 0.0640. The fourth-order valence-corrected chi connectivity index (χ4v) is 3.73. The van der Waals surface area contributed by atoms with Crippen molar-refractivity contribution in [2.45, 2.75) is 78.2 Å². The summed E-state index contributed by atoms with van der Waals surface area (Å²) in [5, 5.41) is 0. The summed E-state index contributed by atoms with van der Waals surface area (Å²) in [7, 11) is 0. The van der Waals surface area contributed by atoms with E-state index in [0.717, 1.165) is 24.9 Å². The second-order valence-electron chi connectivity index (χ2n) is 6.69. The van der Waals surface area contributed by atoms with Crippen molar-refractivity contribution in [3.8, 4) is 0 Å². The van der Waals surface area contributed by atoms with Gasteiger partial charge in [-0.2, -0.15) is 0 Å². The van der Waals surface area contributed by atoms with Gasteiger partial charge in [0.2, 0.25) is 0 Å². The molecule has 0 aromatic rings. The first-order valence-corrected chi connectivity index (χ1v) is 8.56. The second-order valence-corrected chi connectivity index (χ2v) is 6.69. The van der Waals surface area contributed by atoms with Crippen molar-refractivity contribution >= 4 is 0 Å². The van der Waals surface area contributed by atoms with Crippen molar-refractivity contribution in [1.82, 2.24) is 4.90 Å². The summed E-state index contributed by atoms with van der Waals surface area (Å²) in [5.41, 5.74) is 6.54. The molecular weight excluding hydrogens is 232 g/mol. The first-order valence-electron chi connectivity index (χ1n) is 8.56. The molecule has 1 fully saturated rings. The topological polar surface area (TPSA) is 29.3 Å². The van der Waals surface area contributed by atoms with E-state index in [0.29, 0.717) is 5.54 Å². The average Bonchev–Trinajstić information content (AvgIpc) is 2.63. The smallest absolute Gasteiger partial charge is 0.0331 e. The predicted molar refractivity (Wildman–Crippen MR) is 85.4 cm³/mol. The average molecular weight is 268 g/mol. The highest BCUT2D eigenvalue weighted by molar-refractivity contribution is 4.94. The molecule has 0 spiro atoms. The van der Waals surface area contributed by atoms with Gasteiger partial charge in [0.25, 0.3) is 0 Å². The van der Waals surface area contributed by atoms with Crippen LogP contribution in [-0.2, 0) is 0 Å². The van der Waals surface area contributed by atoms with Crippen LogP contribution in [-0.4, -0.2) is 30.1 Å². The number of likely N-dealkylation sites (N-methyl/N-ethyl adjacent to an activating group) is 1. The Bertz CT molecular complexity index is 237. The largest absolute Gasteiger partial charge is 0.329 e. The summed E-state index contributed by atoms with van der Waals surface area (Å²) in [4.78, 5) is 2.72. The molecule has 0 aromatic carbocycles. The van der Waals surface area contributed by atoms with E-state index in [-0.39, 0.29) is 0 Å². The molecule has 1 aliphatic carbocycles. The maximum atomic E-state index is 6.25. The molecule has 2 atom stereocenters. The molecule has 114 valence electrons. The molecule has 0 radical (unpaired) electrons. The standard InChI is InChI=1S/C17H36N2/c1-5-16(6-2)13-19(7-3)17(14-18)11-8-9-15(4)10-12-17/h15-16H,5-14,18H2,1-4H3. The highest BCUT2D eigenvalue weighted by Crippen LogP contribution is 2.35. The summed E-state index contributed by atoms with van der Waals surface area (Å²) in [6.45, 7) is 12.6. The molecule has 2 heteroatoms. The van der Waals surface area contributed by atoms with Crippen LogP contribution in [0.3, 0.4) is 0 Å². The van der Waals surface area contributed by atoms with E-state index in [9.17, 15) is 0 Å². The molecule has 19 heavy (non-hydrogen) atoms. The fourth-order valence-electron chi connectivity index (χ4n) is 3.73. The van der Waals surface area contributed by atoms with Crippen LogP contribution in [0.25, 0.3) is 0 Å². The summed E-state index contributed by atoms with van der Waals surface area (Å²) in [6, 6.07) is 0. The van der Waals surface area contributed by atoms with Crippen LogP contribution in [0.15, 0.2) is 0 Å². The Morgan fingerprint density at radius 1 is 1.16 bits per heavy atom. The zero-order chi connectivity index (χ0) is 14.3. The van der Waals surface area contributed by atoms with Gasteiger partial charge >= 0.3 is 0 Å². The third-order valence-corrected chi connectivity index (χ3v) is 5.51. The lowest BCUT2D eigenvalue weighted by Crippen LogP contribution is -2.55. The van der Waals surface area contributed by atoms with Gasteiger partial charge in [0.05, 0.1) is 0 Å². The van der Waals surface area contributed by atoms with Gasteiger partial charge in [-0.3, -0.25) is 4.90 Å². The van der Waals surface area contributed by atoms with Crippen molar-refractivity contribution in [3.63, 3.8) is 0 Å². The van der Waals surface area contributed by atoms with E-state index >= 15 is 0 Å². The molecule has 1 aliphatic rings. The minimum absolute atomic E-state index is 0.294. The Morgan fingerprint density at radius 2 is 1.84 bits per heavy atom. The number of nitrogens with two attached hydrogens (primary N) is 1. The molecule has 0 amide bonds. The van der Waals surface area contributed by atoms with Gasteiger partial charge < -0.3 is 5.73 Å². The van der Waals surface area contributed by atoms with Gasteiger partial charge in [0, 0.05) is 18.6 Å². The number of hydrogen-bond donors (Lipinski definition) is 1. The van der Waals surface area contributed by atoms with Crippen molar-refractivity contribution in [2.75, 3.05) is 19.6 Å². The van der Waals surface area contributed by atoms with Crippen molar-refractivity contribution in [3.05, 3.63) is 0 Å². The highest BCUT2D eigenvalue weighted by Gasteiger charge is 2.36. The number of nitrogens with zero attached hydrogens (tertiary/aromatic N) is 1. The van der Waals surface area contributed by atoms with Gasteiger partial charge in [0.1, 0.15) is 0 Å². The van der Waals surface area contributed by atoms with Gasteiger partial charge in [-0.15, -0.1) is 0 Å². The molecule has 0 aliphatic heterocycles. The summed E-state index contributed by atoms with van der Waals surface area (Å²) in [5.74, 6) is 1.73. The van der Waals surface area contributed by atoms with Gasteiger partial charge in [-0.1, -0.05) is 53.4 Å². The molecule has 1 rings (SSSR count). The minimum atomic E-state index is 0.294. The van der Waals surface area contributed by atoms with E-state index in [1.165, 1.54) is 51.5 Å². The van der Waals surface area contributed by atoms with Gasteiger partial charge in [0.15, 0.2) is 0 Å². The van der Waals surface area contributed by atoms with Crippen LogP contribution >= 0.6 is 0 Å². The molecule has 0 heterocycles. The normalized spacial score (nSPS) is 28.9. The highest BCUT2D eigenvalue weighted by atomic mass is 15.2. The van der Waals surface area contributed by atoms with E-state index in [4.69, 9.17) is 5.73 Å². The predicted octanol–water partition coefficient (Wildman–Crippen LogP) is 4.04. The monoisotopic (exact) mass is 268 g/mol. The van der Waals surface area contributed by atoms with Crippen LogP contribution in [0.4, 0.5) is 0 Å². The molecule has 0 saturated heterocycles. The Kier molecular flexibility index (Phi) is 7.38. The van der Waals surface area contributed by atoms with Crippen LogP contribution in [0.5, 0.6) is 0 Å². The minimum Gasteiger partial charge on any atom is -0.329 e. The zero-order valence-electron chi connectivity index (χ0n) is 13.8. The summed E-state index contributed by atoms with van der Waals surface area (Å²) < 4.78 is 0. The first kappa shape index (κ1) is 17.0. The number of rotatable bonds is 7. The van der Waals surface area contributed by atoms with Crippen LogP contribution in [0.1, 0.15) is 72.6 Å². The quantitative estimate of drug-likeness (QED) is 0.706. The van der Waals surface area contributed by atoms with Gasteiger partial charge in [-0.25, -0.2) is 0 Å². The third-order valence-electron chi connectivity index (χ3n) is 5.51. The Balaban J connectivity index is 2.77. The Morgan fingerprint density at radius 3 is 2.37 bits per heavy atom. The second kappa shape index (κ2) is 8.26. The van der Waals surface area contributed by atoms with Crippen molar-refractivity contribution in [1.29, 1.82) is 0 Å². The van der Waals surface area contributed by atoms with Crippen LogP contribution in [0.2, 0.25) is 0 Å². The summed E-state index contributed by atoms with van der Waals surface area (Å²) in [6.07, 6.45) is 9.31. The molecule has 0 bridgehead atoms. The molecule has 2 N–H and O–H groups in total.